The van der Waals surface area contributed by atoms with Gasteiger partial charge >= 0.3 is 0 Å². The van der Waals surface area contributed by atoms with E-state index in [0.29, 0.717) is 12.1 Å². The largest absolute Gasteiger partial charge is 0.490 e. The fourth-order valence-corrected chi connectivity index (χ4v) is 3.20. The number of methoxy groups -OCH3 is 1. The molecular weight excluding hydrogens is 278 g/mol. The summed E-state index contributed by atoms with van der Waals surface area (Å²) in [6, 6.07) is 4.70. The van der Waals surface area contributed by atoms with Gasteiger partial charge in [-0.15, -0.1) is 0 Å². The third-order valence-corrected chi connectivity index (χ3v) is 4.55. The molecule has 120 valence electrons. The van der Waals surface area contributed by atoms with E-state index in [4.69, 9.17) is 9.47 Å². The highest BCUT2D eigenvalue weighted by Crippen LogP contribution is 2.29. The predicted molar refractivity (Wildman–Crippen MR) is 87.4 cm³/mol. The molecule has 1 aliphatic rings. The standard InChI is InChI=1S/C17H25N3O2/c1-12-15-11-19-20-16(15)7-8-17(12)22-14-5-3-13(4-6-14)18-9-10-21-2/h7-8,11,13-14,18H,3-6,9-10H2,1-2H3,(H,19,20). The van der Waals surface area contributed by atoms with E-state index in [1.807, 2.05) is 12.3 Å². The summed E-state index contributed by atoms with van der Waals surface area (Å²) in [5, 5.41) is 11.8. The Morgan fingerprint density at radius 3 is 2.86 bits per heavy atom. The van der Waals surface area contributed by atoms with Gasteiger partial charge in [-0.2, -0.15) is 5.10 Å². The van der Waals surface area contributed by atoms with Gasteiger partial charge in [0.25, 0.3) is 0 Å². The predicted octanol–water partition coefficient (Wildman–Crippen LogP) is 2.80. The molecule has 1 aromatic heterocycles. The monoisotopic (exact) mass is 303 g/mol. The molecule has 2 N–H and O–H groups in total. The maximum Gasteiger partial charge on any atom is 0.123 e. The Balaban J connectivity index is 1.54. The number of nitrogens with zero attached hydrogens (tertiary/aromatic N) is 1. The average molecular weight is 303 g/mol. The first-order valence-corrected chi connectivity index (χ1v) is 8.09. The summed E-state index contributed by atoms with van der Waals surface area (Å²) in [4.78, 5) is 0. The lowest BCUT2D eigenvalue weighted by molar-refractivity contribution is 0.134. The number of benzene rings is 1. The van der Waals surface area contributed by atoms with E-state index in [2.05, 4.69) is 28.5 Å². The summed E-state index contributed by atoms with van der Waals surface area (Å²) in [5.41, 5.74) is 2.24. The molecule has 0 unspecified atom stereocenters. The normalized spacial score (nSPS) is 22.1. The van der Waals surface area contributed by atoms with Gasteiger partial charge in [0.05, 0.1) is 24.4 Å². The van der Waals surface area contributed by atoms with Crippen molar-refractivity contribution in [3.63, 3.8) is 0 Å². The van der Waals surface area contributed by atoms with Crippen LogP contribution < -0.4 is 10.1 Å². The fraction of sp³-hybridized carbons (Fsp3) is 0.588. The second kappa shape index (κ2) is 7.11. The van der Waals surface area contributed by atoms with Gasteiger partial charge < -0.3 is 14.8 Å². The zero-order valence-corrected chi connectivity index (χ0v) is 13.4. The van der Waals surface area contributed by atoms with Gasteiger partial charge in [-0.3, -0.25) is 5.10 Å². The summed E-state index contributed by atoms with van der Waals surface area (Å²) in [5.74, 6) is 0.990. The van der Waals surface area contributed by atoms with Gasteiger partial charge in [0.2, 0.25) is 0 Å². The molecule has 22 heavy (non-hydrogen) atoms. The Morgan fingerprint density at radius 1 is 1.27 bits per heavy atom. The van der Waals surface area contributed by atoms with Crippen molar-refractivity contribution in [2.24, 2.45) is 0 Å². The van der Waals surface area contributed by atoms with E-state index in [0.717, 1.165) is 42.6 Å². The molecule has 5 heteroatoms. The highest BCUT2D eigenvalue weighted by atomic mass is 16.5. The second-order valence-corrected chi connectivity index (χ2v) is 6.06. The fourth-order valence-electron chi connectivity index (χ4n) is 3.20. The molecule has 1 aliphatic carbocycles. The van der Waals surface area contributed by atoms with E-state index in [-0.39, 0.29) is 0 Å². The van der Waals surface area contributed by atoms with Crippen molar-refractivity contribution >= 4 is 10.9 Å². The van der Waals surface area contributed by atoms with Gasteiger partial charge in [0.15, 0.2) is 0 Å². The van der Waals surface area contributed by atoms with Crippen LogP contribution in [0.5, 0.6) is 5.75 Å². The number of hydrogen-bond acceptors (Lipinski definition) is 4. The van der Waals surface area contributed by atoms with Gasteiger partial charge in [-0.1, -0.05) is 0 Å². The Hall–Kier alpha value is -1.59. The first kappa shape index (κ1) is 15.3. The van der Waals surface area contributed by atoms with Crippen LogP contribution in [0.2, 0.25) is 0 Å². The summed E-state index contributed by atoms with van der Waals surface area (Å²) >= 11 is 0. The van der Waals surface area contributed by atoms with Crippen molar-refractivity contribution in [3.05, 3.63) is 23.9 Å². The molecule has 0 aliphatic heterocycles. The van der Waals surface area contributed by atoms with Crippen molar-refractivity contribution in [2.75, 3.05) is 20.3 Å². The summed E-state index contributed by atoms with van der Waals surface area (Å²) in [7, 11) is 1.74. The smallest absolute Gasteiger partial charge is 0.123 e. The molecule has 0 amide bonds. The topological polar surface area (TPSA) is 59.2 Å². The van der Waals surface area contributed by atoms with E-state index >= 15 is 0 Å². The lowest BCUT2D eigenvalue weighted by atomic mass is 9.93. The highest BCUT2D eigenvalue weighted by Gasteiger charge is 2.22. The second-order valence-electron chi connectivity index (χ2n) is 6.06. The van der Waals surface area contributed by atoms with E-state index < -0.39 is 0 Å². The minimum Gasteiger partial charge on any atom is -0.490 e. The van der Waals surface area contributed by atoms with Crippen LogP contribution in [0.3, 0.4) is 0 Å². The van der Waals surface area contributed by atoms with Gasteiger partial charge in [-0.25, -0.2) is 0 Å². The molecule has 0 radical (unpaired) electrons. The van der Waals surface area contributed by atoms with Crippen molar-refractivity contribution in [1.29, 1.82) is 0 Å². The number of H-pyrrole nitrogens is 1. The number of hydrogen-bond donors (Lipinski definition) is 2. The summed E-state index contributed by atoms with van der Waals surface area (Å²) in [6.07, 6.45) is 6.74. The maximum absolute atomic E-state index is 6.24. The lowest BCUT2D eigenvalue weighted by Crippen LogP contribution is -2.37. The minimum atomic E-state index is 0.323. The number of nitrogens with one attached hydrogen (secondary N) is 2. The molecule has 5 nitrogen and oxygen atoms in total. The molecule has 0 spiro atoms. The average Bonchev–Trinajstić information content (AvgIpc) is 3.01. The zero-order chi connectivity index (χ0) is 15.4. The van der Waals surface area contributed by atoms with E-state index in [1.165, 1.54) is 18.4 Å². The minimum absolute atomic E-state index is 0.323. The number of aryl methyl sites for hydroxylation is 1. The van der Waals surface area contributed by atoms with Crippen molar-refractivity contribution in [2.45, 2.75) is 44.8 Å². The molecule has 1 saturated carbocycles. The van der Waals surface area contributed by atoms with Crippen LogP contribution >= 0.6 is 0 Å². The highest BCUT2D eigenvalue weighted by molar-refractivity contribution is 5.83. The molecule has 1 aromatic carbocycles. The van der Waals surface area contributed by atoms with E-state index in [9.17, 15) is 0 Å². The SMILES string of the molecule is COCCNC1CCC(Oc2ccc3[nH]ncc3c2C)CC1. The molecule has 0 bridgehead atoms. The van der Waals surface area contributed by atoms with Crippen LogP contribution in [0.25, 0.3) is 10.9 Å². The van der Waals surface area contributed by atoms with Crippen LogP contribution in [-0.4, -0.2) is 42.6 Å². The Labute approximate surface area is 131 Å². The van der Waals surface area contributed by atoms with Crippen molar-refractivity contribution in [1.82, 2.24) is 15.5 Å². The van der Waals surface area contributed by atoms with Gasteiger partial charge in [-0.05, 0) is 44.7 Å². The van der Waals surface area contributed by atoms with Crippen molar-refractivity contribution in [3.8, 4) is 5.75 Å². The number of aromatic amines is 1. The number of aromatic nitrogens is 2. The third kappa shape index (κ3) is 3.42. The first-order valence-electron chi connectivity index (χ1n) is 8.09. The number of fused-ring (bicyclic) bond motifs is 1. The van der Waals surface area contributed by atoms with Crippen LogP contribution in [0.1, 0.15) is 31.2 Å². The number of rotatable bonds is 6. The van der Waals surface area contributed by atoms with E-state index in [1.54, 1.807) is 7.11 Å². The van der Waals surface area contributed by atoms with Crippen LogP contribution in [0, 0.1) is 6.92 Å². The summed E-state index contributed by atoms with van der Waals surface area (Å²) < 4.78 is 11.3. The maximum atomic E-state index is 6.24. The number of ether oxygens (including phenoxy) is 2. The Kier molecular flexibility index (Phi) is 4.95. The van der Waals surface area contributed by atoms with Gasteiger partial charge in [0, 0.05) is 30.6 Å². The Bertz CT molecular complexity index is 603. The first-order chi connectivity index (χ1) is 10.8. The molecule has 1 fully saturated rings. The van der Waals surface area contributed by atoms with Gasteiger partial charge in [0.1, 0.15) is 5.75 Å². The van der Waals surface area contributed by atoms with Crippen LogP contribution in [0.15, 0.2) is 18.3 Å². The molecule has 2 aromatic rings. The lowest BCUT2D eigenvalue weighted by Gasteiger charge is -2.30. The molecule has 3 rings (SSSR count). The Morgan fingerprint density at radius 2 is 2.09 bits per heavy atom. The molecular formula is C17H25N3O2. The summed E-state index contributed by atoms with van der Waals surface area (Å²) in [6.45, 7) is 3.81. The van der Waals surface area contributed by atoms with Crippen LogP contribution in [0.4, 0.5) is 0 Å². The molecule has 1 heterocycles. The van der Waals surface area contributed by atoms with Crippen molar-refractivity contribution < 1.29 is 9.47 Å². The quantitative estimate of drug-likeness (QED) is 0.806. The molecule has 0 atom stereocenters. The molecule has 0 saturated heterocycles. The third-order valence-electron chi connectivity index (χ3n) is 4.55. The van der Waals surface area contributed by atoms with Crippen LogP contribution in [-0.2, 0) is 4.74 Å². The zero-order valence-electron chi connectivity index (χ0n) is 13.4.